The fourth-order valence-electron chi connectivity index (χ4n) is 4.58. The molecule has 4 rings (SSSR count). The number of benzene rings is 1. The quantitative estimate of drug-likeness (QED) is 0.384. The second-order valence-electron chi connectivity index (χ2n) is 8.49. The van der Waals surface area contributed by atoms with E-state index in [9.17, 15) is 14.4 Å². The minimum atomic E-state index is -0.476. The Balaban J connectivity index is 1.55. The number of hydrogen-bond acceptors (Lipinski definition) is 7. The Kier molecular flexibility index (Phi) is 7.40. The summed E-state index contributed by atoms with van der Waals surface area (Å²) in [5.74, 6) is -0.0843. The fraction of sp³-hybridized carbons (Fsp3) is 0.522. The van der Waals surface area contributed by atoms with E-state index in [1.807, 2.05) is 38.1 Å². The van der Waals surface area contributed by atoms with E-state index < -0.39 is 5.97 Å². The highest BCUT2D eigenvalue weighted by Crippen LogP contribution is 2.27. The van der Waals surface area contributed by atoms with Crippen LogP contribution in [0.4, 0.5) is 0 Å². The van der Waals surface area contributed by atoms with E-state index in [0.717, 1.165) is 30.3 Å². The number of rotatable bonds is 8. The maximum absolute atomic E-state index is 13.3. The molecule has 1 saturated heterocycles. The predicted molar refractivity (Wildman–Crippen MR) is 128 cm³/mol. The van der Waals surface area contributed by atoms with Gasteiger partial charge in [-0.05, 0) is 52.2 Å². The zero-order chi connectivity index (χ0) is 24.2. The van der Waals surface area contributed by atoms with Crippen LogP contribution in [0.3, 0.4) is 0 Å². The van der Waals surface area contributed by atoms with Crippen molar-refractivity contribution in [2.45, 2.75) is 63.8 Å². The SMILES string of the molecule is CCOC(=O)CNC(=O)CSc1nnc2n(CC(=O)N3[C@H](C)CCC[C@@H]3C)c3ccccc3n12. The Morgan fingerprint density at radius 3 is 2.53 bits per heavy atom. The molecule has 0 unspecified atom stereocenters. The smallest absolute Gasteiger partial charge is 0.325 e. The minimum absolute atomic E-state index is 0.0681. The monoisotopic (exact) mass is 486 g/mol. The highest BCUT2D eigenvalue weighted by molar-refractivity contribution is 7.99. The minimum Gasteiger partial charge on any atom is -0.465 e. The molecule has 0 aliphatic carbocycles. The van der Waals surface area contributed by atoms with E-state index >= 15 is 0 Å². The topological polar surface area (TPSA) is 111 Å². The molecule has 2 aromatic heterocycles. The Labute approximate surface area is 202 Å². The highest BCUT2D eigenvalue weighted by Gasteiger charge is 2.30. The van der Waals surface area contributed by atoms with Crippen LogP contribution in [0.1, 0.15) is 40.0 Å². The van der Waals surface area contributed by atoms with Crippen molar-refractivity contribution in [2.75, 3.05) is 18.9 Å². The van der Waals surface area contributed by atoms with Crippen LogP contribution in [-0.4, -0.2) is 72.8 Å². The number of carbonyl (C=O) groups is 3. The Morgan fingerprint density at radius 1 is 1.12 bits per heavy atom. The average Bonchev–Trinajstić information content (AvgIpc) is 3.36. The second-order valence-corrected chi connectivity index (χ2v) is 9.44. The molecule has 1 aromatic carbocycles. The molecule has 182 valence electrons. The molecule has 0 radical (unpaired) electrons. The number of carbonyl (C=O) groups excluding carboxylic acids is 3. The first kappa shape index (κ1) is 24.1. The van der Waals surface area contributed by atoms with E-state index in [4.69, 9.17) is 4.74 Å². The Hall–Kier alpha value is -3.08. The van der Waals surface area contributed by atoms with Crippen molar-refractivity contribution in [3.05, 3.63) is 24.3 Å². The predicted octanol–water partition coefficient (Wildman–Crippen LogP) is 2.24. The van der Waals surface area contributed by atoms with E-state index in [-0.39, 0.29) is 49.3 Å². The molecule has 0 spiro atoms. The van der Waals surface area contributed by atoms with Gasteiger partial charge in [-0.3, -0.25) is 23.4 Å². The largest absolute Gasteiger partial charge is 0.465 e. The van der Waals surface area contributed by atoms with Gasteiger partial charge in [0.1, 0.15) is 13.1 Å². The van der Waals surface area contributed by atoms with Crippen molar-refractivity contribution >= 4 is 46.4 Å². The average molecular weight is 487 g/mol. The van der Waals surface area contributed by atoms with Gasteiger partial charge in [-0.25, -0.2) is 0 Å². The fourth-order valence-corrected chi connectivity index (χ4v) is 5.35. The number of fused-ring (bicyclic) bond motifs is 3. The summed E-state index contributed by atoms with van der Waals surface area (Å²) in [6.45, 7) is 6.20. The van der Waals surface area contributed by atoms with Crippen molar-refractivity contribution in [1.82, 2.24) is 29.4 Å². The molecule has 1 aliphatic heterocycles. The Morgan fingerprint density at radius 2 is 1.82 bits per heavy atom. The maximum Gasteiger partial charge on any atom is 0.325 e. The van der Waals surface area contributed by atoms with Crippen molar-refractivity contribution in [2.24, 2.45) is 0 Å². The van der Waals surface area contributed by atoms with Gasteiger partial charge in [-0.15, -0.1) is 10.2 Å². The molecule has 1 N–H and O–H groups in total. The molecule has 1 fully saturated rings. The summed E-state index contributed by atoms with van der Waals surface area (Å²) in [4.78, 5) is 38.9. The van der Waals surface area contributed by atoms with Gasteiger partial charge in [0.15, 0.2) is 5.16 Å². The van der Waals surface area contributed by atoms with Gasteiger partial charge in [-0.1, -0.05) is 23.9 Å². The van der Waals surface area contributed by atoms with Crippen molar-refractivity contribution in [1.29, 1.82) is 0 Å². The molecule has 3 heterocycles. The number of amides is 2. The van der Waals surface area contributed by atoms with Gasteiger partial charge >= 0.3 is 5.97 Å². The lowest BCUT2D eigenvalue weighted by atomic mass is 9.97. The van der Waals surface area contributed by atoms with Crippen LogP contribution in [0.5, 0.6) is 0 Å². The molecule has 2 amide bonds. The molecule has 3 aromatic rings. The number of piperidine rings is 1. The number of ether oxygens (including phenoxy) is 1. The van der Waals surface area contributed by atoms with Crippen LogP contribution in [0, 0.1) is 0 Å². The number of likely N-dealkylation sites (tertiary alicyclic amines) is 1. The molecule has 34 heavy (non-hydrogen) atoms. The summed E-state index contributed by atoms with van der Waals surface area (Å²) in [7, 11) is 0. The summed E-state index contributed by atoms with van der Waals surface area (Å²) < 4.78 is 8.58. The van der Waals surface area contributed by atoms with Gasteiger partial charge < -0.3 is 15.0 Å². The number of nitrogens with zero attached hydrogens (tertiary/aromatic N) is 5. The van der Waals surface area contributed by atoms with E-state index in [0.29, 0.717) is 10.9 Å². The lowest BCUT2D eigenvalue weighted by Gasteiger charge is -2.39. The van der Waals surface area contributed by atoms with Gasteiger partial charge in [-0.2, -0.15) is 0 Å². The van der Waals surface area contributed by atoms with Crippen LogP contribution in [0.2, 0.25) is 0 Å². The zero-order valence-corrected chi connectivity index (χ0v) is 20.5. The summed E-state index contributed by atoms with van der Waals surface area (Å²) in [6, 6.07) is 8.18. The number of esters is 1. The number of nitrogens with one attached hydrogen (secondary N) is 1. The van der Waals surface area contributed by atoms with Gasteiger partial charge in [0.2, 0.25) is 17.6 Å². The third-order valence-corrected chi connectivity index (χ3v) is 7.04. The molecule has 1 aliphatic rings. The summed E-state index contributed by atoms with van der Waals surface area (Å²) >= 11 is 1.22. The molecule has 10 nitrogen and oxygen atoms in total. The van der Waals surface area contributed by atoms with Crippen molar-refractivity contribution in [3.63, 3.8) is 0 Å². The zero-order valence-electron chi connectivity index (χ0n) is 19.7. The van der Waals surface area contributed by atoms with Crippen LogP contribution >= 0.6 is 11.8 Å². The summed E-state index contributed by atoms with van der Waals surface area (Å²) in [5.41, 5.74) is 1.75. The van der Waals surface area contributed by atoms with Crippen LogP contribution in [0.25, 0.3) is 16.8 Å². The number of thioether (sulfide) groups is 1. The van der Waals surface area contributed by atoms with E-state index in [1.165, 1.54) is 11.8 Å². The lowest BCUT2D eigenvalue weighted by molar-refractivity contribution is -0.143. The molecular formula is C23H30N6O4S. The molecular weight excluding hydrogens is 456 g/mol. The van der Waals surface area contributed by atoms with E-state index in [1.54, 1.807) is 6.92 Å². The number of aromatic nitrogens is 4. The van der Waals surface area contributed by atoms with Gasteiger partial charge in [0.05, 0.1) is 23.4 Å². The summed E-state index contributed by atoms with van der Waals surface area (Å²) in [6.07, 6.45) is 3.17. The third kappa shape index (κ3) is 4.89. The lowest BCUT2D eigenvalue weighted by Crippen LogP contribution is -2.48. The first-order valence-electron chi connectivity index (χ1n) is 11.6. The molecule has 2 atom stereocenters. The first-order chi connectivity index (χ1) is 16.4. The van der Waals surface area contributed by atoms with Gasteiger partial charge in [0.25, 0.3) is 0 Å². The van der Waals surface area contributed by atoms with E-state index in [2.05, 4.69) is 29.4 Å². The van der Waals surface area contributed by atoms with Crippen LogP contribution in [-0.2, 0) is 25.7 Å². The maximum atomic E-state index is 13.3. The Bertz CT molecular complexity index is 1190. The van der Waals surface area contributed by atoms with Crippen LogP contribution in [0.15, 0.2) is 29.4 Å². The molecule has 11 heteroatoms. The summed E-state index contributed by atoms with van der Waals surface area (Å²) in [5, 5.41) is 11.7. The molecule has 0 saturated carbocycles. The van der Waals surface area contributed by atoms with Crippen molar-refractivity contribution < 1.29 is 19.1 Å². The van der Waals surface area contributed by atoms with Crippen LogP contribution < -0.4 is 5.32 Å². The number of imidazole rings is 1. The third-order valence-electron chi connectivity index (χ3n) is 6.11. The normalized spacial score (nSPS) is 18.4. The highest BCUT2D eigenvalue weighted by atomic mass is 32.2. The second kappa shape index (κ2) is 10.5. The first-order valence-corrected chi connectivity index (χ1v) is 12.6. The standard InChI is InChI=1S/C23H30N6O4S/c1-4-33-21(32)12-24-19(30)14-34-23-26-25-22-27(17-10-5-6-11-18(17)29(22)23)13-20(31)28-15(2)8-7-9-16(28)3/h5-6,10-11,15-16H,4,7-9,12-14H2,1-3H3,(H,24,30)/t15-,16+. The van der Waals surface area contributed by atoms with Crippen molar-refractivity contribution in [3.8, 4) is 0 Å². The number of para-hydroxylation sites is 2. The number of hydrogen-bond donors (Lipinski definition) is 1. The molecule has 0 bridgehead atoms. The van der Waals surface area contributed by atoms with Gasteiger partial charge in [0, 0.05) is 12.1 Å².